The molecule has 0 aromatic carbocycles. The van der Waals surface area contributed by atoms with E-state index < -0.39 is 0 Å². The van der Waals surface area contributed by atoms with Crippen molar-refractivity contribution in [3.05, 3.63) is 0 Å². The molecular formula is C17H33NO. The monoisotopic (exact) mass is 267 g/mol. The van der Waals surface area contributed by atoms with Gasteiger partial charge in [-0.2, -0.15) is 0 Å². The summed E-state index contributed by atoms with van der Waals surface area (Å²) in [6.45, 7) is 5.73. The molecule has 2 aliphatic rings. The Morgan fingerprint density at radius 2 is 1.89 bits per heavy atom. The topological polar surface area (TPSA) is 21.3 Å². The molecule has 0 saturated carbocycles. The van der Waals surface area contributed by atoms with Crippen LogP contribution in [0.5, 0.6) is 0 Å². The van der Waals surface area contributed by atoms with E-state index in [0.29, 0.717) is 12.2 Å². The number of unbranched alkanes of at least 4 members (excludes halogenated alkanes) is 4. The van der Waals surface area contributed by atoms with Crippen molar-refractivity contribution in [3.63, 3.8) is 0 Å². The van der Waals surface area contributed by atoms with Crippen molar-refractivity contribution in [3.8, 4) is 0 Å². The number of ether oxygens (including phenoxy) is 1. The quantitative estimate of drug-likeness (QED) is 0.596. The van der Waals surface area contributed by atoms with Crippen LogP contribution in [0.2, 0.25) is 0 Å². The minimum absolute atomic E-state index is 0.579. The largest absolute Gasteiger partial charge is 0.375 e. The zero-order valence-electron chi connectivity index (χ0n) is 13.0. The van der Waals surface area contributed by atoms with Crippen LogP contribution in [0.3, 0.4) is 0 Å². The van der Waals surface area contributed by atoms with Crippen LogP contribution < -0.4 is 5.32 Å². The van der Waals surface area contributed by atoms with E-state index in [0.717, 1.165) is 12.0 Å². The maximum Gasteiger partial charge on any atom is 0.0623 e. The standard InChI is InChI=1S/C17H33NO/c1-3-5-6-7-8-9-16(18-12-4-2)15-13-14-10-11-17(15)19-14/h14-18H,3-13H2,1-2H3. The summed E-state index contributed by atoms with van der Waals surface area (Å²) in [6, 6.07) is 0.719. The lowest BCUT2D eigenvalue weighted by atomic mass is 9.81. The smallest absolute Gasteiger partial charge is 0.0623 e. The van der Waals surface area contributed by atoms with Crippen molar-refractivity contribution in [2.75, 3.05) is 6.54 Å². The summed E-state index contributed by atoms with van der Waals surface area (Å²) in [7, 11) is 0. The molecule has 112 valence electrons. The summed E-state index contributed by atoms with van der Waals surface area (Å²) in [5.41, 5.74) is 0. The first-order chi connectivity index (χ1) is 9.35. The van der Waals surface area contributed by atoms with Crippen LogP contribution in [0.4, 0.5) is 0 Å². The van der Waals surface area contributed by atoms with Gasteiger partial charge in [0.25, 0.3) is 0 Å². The highest BCUT2D eigenvalue weighted by Crippen LogP contribution is 2.41. The Hall–Kier alpha value is -0.0800. The van der Waals surface area contributed by atoms with Crippen LogP contribution in [-0.4, -0.2) is 24.8 Å². The van der Waals surface area contributed by atoms with Gasteiger partial charge in [0, 0.05) is 12.0 Å². The Morgan fingerprint density at radius 3 is 2.53 bits per heavy atom. The molecule has 2 heteroatoms. The first-order valence-corrected chi connectivity index (χ1v) is 8.74. The number of rotatable bonds is 10. The van der Waals surface area contributed by atoms with Gasteiger partial charge in [-0.15, -0.1) is 0 Å². The second-order valence-electron chi connectivity index (χ2n) is 6.54. The van der Waals surface area contributed by atoms with Crippen LogP contribution in [-0.2, 0) is 4.74 Å². The maximum absolute atomic E-state index is 6.05. The normalized spacial score (nSPS) is 30.9. The second-order valence-corrected chi connectivity index (χ2v) is 6.54. The molecule has 0 aromatic heterocycles. The molecule has 4 atom stereocenters. The van der Waals surface area contributed by atoms with E-state index in [1.807, 2.05) is 0 Å². The highest BCUT2D eigenvalue weighted by Gasteiger charge is 2.43. The molecule has 0 aliphatic carbocycles. The first kappa shape index (κ1) is 15.3. The summed E-state index contributed by atoms with van der Waals surface area (Å²) >= 11 is 0. The van der Waals surface area contributed by atoms with Crippen LogP contribution in [0.25, 0.3) is 0 Å². The van der Waals surface area contributed by atoms with Crippen molar-refractivity contribution in [1.82, 2.24) is 5.32 Å². The van der Waals surface area contributed by atoms with Gasteiger partial charge < -0.3 is 10.1 Å². The Morgan fingerprint density at radius 1 is 1.05 bits per heavy atom. The molecule has 2 aliphatic heterocycles. The van der Waals surface area contributed by atoms with Gasteiger partial charge in [0.2, 0.25) is 0 Å². The summed E-state index contributed by atoms with van der Waals surface area (Å²) in [4.78, 5) is 0. The van der Waals surface area contributed by atoms with Crippen molar-refractivity contribution in [2.24, 2.45) is 5.92 Å². The van der Waals surface area contributed by atoms with Crippen LogP contribution in [0.1, 0.15) is 78.1 Å². The lowest BCUT2D eigenvalue weighted by Gasteiger charge is -2.29. The molecule has 2 fully saturated rings. The fourth-order valence-corrected chi connectivity index (χ4v) is 3.87. The van der Waals surface area contributed by atoms with E-state index >= 15 is 0 Å². The number of nitrogens with one attached hydrogen (secondary N) is 1. The Kier molecular flexibility index (Phi) is 6.66. The van der Waals surface area contributed by atoms with E-state index in [1.54, 1.807) is 0 Å². The molecule has 0 spiro atoms. The average molecular weight is 267 g/mol. The van der Waals surface area contributed by atoms with Crippen molar-refractivity contribution in [2.45, 2.75) is 96.3 Å². The second kappa shape index (κ2) is 8.26. The fourth-order valence-electron chi connectivity index (χ4n) is 3.87. The van der Waals surface area contributed by atoms with Gasteiger partial charge >= 0.3 is 0 Å². The van der Waals surface area contributed by atoms with Crippen LogP contribution >= 0.6 is 0 Å². The van der Waals surface area contributed by atoms with Crippen molar-refractivity contribution < 1.29 is 4.74 Å². The molecule has 2 bridgehead atoms. The lowest BCUT2D eigenvalue weighted by molar-refractivity contribution is 0.0847. The summed E-state index contributed by atoms with van der Waals surface area (Å²) in [6.07, 6.45) is 14.7. The summed E-state index contributed by atoms with van der Waals surface area (Å²) < 4.78 is 6.05. The van der Waals surface area contributed by atoms with E-state index in [9.17, 15) is 0 Å². The average Bonchev–Trinajstić information content (AvgIpc) is 3.04. The van der Waals surface area contributed by atoms with E-state index in [2.05, 4.69) is 19.2 Å². The van der Waals surface area contributed by atoms with Gasteiger partial charge in [-0.3, -0.25) is 0 Å². The molecule has 1 N–H and O–H groups in total. The highest BCUT2D eigenvalue weighted by molar-refractivity contribution is 4.95. The molecule has 0 radical (unpaired) electrons. The van der Waals surface area contributed by atoms with Gasteiger partial charge in [0.05, 0.1) is 12.2 Å². The molecule has 2 rings (SSSR count). The number of hydrogen-bond donors (Lipinski definition) is 1. The molecule has 19 heavy (non-hydrogen) atoms. The van der Waals surface area contributed by atoms with E-state index in [-0.39, 0.29) is 0 Å². The Bertz CT molecular complexity index is 243. The molecule has 4 unspecified atom stereocenters. The number of hydrogen-bond acceptors (Lipinski definition) is 2. The van der Waals surface area contributed by atoms with Crippen molar-refractivity contribution >= 4 is 0 Å². The van der Waals surface area contributed by atoms with Gasteiger partial charge in [-0.1, -0.05) is 46.0 Å². The zero-order chi connectivity index (χ0) is 13.5. The first-order valence-electron chi connectivity index (χ1n) is 8.74. The molecular weight excluding hydrogens is 234 g/mol. The molecule has 0 aromatic rings. The van der Waals surface area contributed by atoms with Crippen LogP contribution in [0.15, 0.2) is 0 Å². The van der Waals surface area contributed by atoms with E-state index in [4.69, 9.17) is 4.74 Å². The third-order valence-corrected chi connectivity index (χ3v) is 4.95. The molecule has 2 heterocycles. The Balaban J connectivity index is 1.72. The number of fused-ring (bicyclic) bond motifs is 2. The van der Waals surface area contributed by atoms with Gasteiger partial charge in [-0.05, 0) is 38.6 Å². The van der Waals surface area contributed by atoms with Gasteiger partial charge in [-0.25, -0.2) is 0 Å². The fraction of sp³-hybridized carbons (Fsp3) is 1.00. The van der Waals surface area contributed by atoms with Gasteiger partial charge in [0.15, 0.2) is 0 Å². The Labute approximate surface area is 119 Å². The highest BCUT2D eigenvalue weighted by atomic mass is 16.5. The van der Waals surface area contributed by atoms with Crippen LogP contribution in [0, 0.1) is 5.92 Å². The summed E-state index contributed by atoms with van der Waals surface area (Å²) in [5.74, 6) is 0.802. The third kappa shape index (κ3) is 4.46. The predicted octanol–water partition coefficient (Wildman–Crippen LogP) is 4.28. The van der Waals surface area contributed by atoms with Crippen molar-refractivity contribution in [1.29, 1.82) is 0 Å². The predicted molar refractivity (Wildman–Crippen MR) is 81.5 cm³/mol. The third-order valence-electron chi connectivity index (χ3n) is 4.95. The SMILES string of the molecule is CCCCCCCC(NCCC)C1CC2CCC1O2. The minimum Gasteiger partial charge on any atom is -0.375 e. The van der Waals surface area contributed by atoms with E-state index in [1.165, 1.54) is 70.8 Å². The van der Waals surface area contributed by atoms with Gasteiger partial charge in [0.1, 0.15) is 0 Å². The molecule has 2 saturated heterocycles. The maximum atomic E-state index is 6.05. The summed E-state index contributed by atoms with van der Waals surface area (Å²) in [5, 5.41) is 3.81. The minimum atomic E-state index is 0.579. The molecule has 2 nitrogen and oxygen atoms in total. The molecule has 0 amide bonds. The lowest BCUT2D eigenvalue weighted by Crippen LogP contribution is -2.41. The zero-order valence-corrected chi connectivity index (χ0v) is 13.0.